The SMILES string of the molecule is CC(=NC1CCCCC1[NH3+])c1c([O-])n(C2CCCCC2)c(=O)[nH]c1=O. The molecule has 1 heterocycles. The van der Waals surface area contributed by atoms with E-state index < -0.39 is 17.1 Å². The molecule has 2 fully saturated rings. The van der Waals surface area contributed by atoms with Crippen molar-refractivity contribution in [3.63, 3.8) is 0 Å². The molecule has 2 aliphatic carbocycles. The Labute approximate surface area is 147 Å². The van der Waals surface area contributed by atoms with Crippen molar-refractivity contribution in [2.45, 2.75) is 82.8 Å². The molecule has 138 valence electrons. The van der Waals surface area contributed by atoms with Gasteiger partial charge < -0.3 is 15.4 Å². The Morgan fingerprint density at radius 3 is 2.44 bits per heavy atom. The highest BCUT2D eigenvalue weighted by atomic mass is 16.3. The highest BCUT2D eigenvalue weighted by molar-refractivity contribution is 6.00. The van der Waals surface area contributed by atoms with Crippen LogP contribution in [0.15, 0.2) is 14.6 Å². The van der Waals surface area contributed by atoms with Gasteiger partial charge in [-0.1, -0.05) is 25.7 Å². The van der Waals surface area contributed by atoms with Crippen LogP contribution in [-0.4, -0.2) is 27.3 Å². The molecule has 0 bridgehead atoms. The average Bonchev–Trinajstić information content (AvgIpc) is 2.57. The summed E-state index contributed by atoms with van der Waals surface area (Å²) in [6, 6.07) is 0.136. The Morgan fingerprint density at radius 2 is 1.76 bits per heavy atom. The summed E-state index contributed by atoms with van der Waals surface area (Å²) < 4.78 is 1.25. The lowest BCUT2D eigenvalue weighted by Gasteiger charge is -2.30. The standard InChI is InChI=1S/C18H28N4O3/c1-11(20-14-10-6-5-9-13(14)19)15-16(23)21-18(25)22(17(15)24)12-7-3-2-4-8-12/h12-14,24H,2-10,19H2,1H3,(H,21,23,25). The summed E-state index contributed by atoms with van der Waals surface area (Å²) in [5.74, 6) is -0.488. The highest BCUT2D eigenvalue weighted by Gasteiger charge is 2.25. The first-order valence-electron chi connectivity index (χ1n) is 9.42. The highest BCUT2D eigenvalue weighted by Crippen LogP contribution is 2.29. The van der Waals surface area contributed by atoms with E-state index in [9.17, 15) is 14.7 Å². The fourth-order valence-electron chi connectivity index (χ4n) is 4.19. The van der Waals surface area contributed by atoms with Crippen LogP contribution in [0.5, 0.6) is 5.88 Å². The Hall–Kier alpha value is -1.89. The molecule has 3 rings (SSSR count). The van der Waals surface area contributed by atoms with Crippen molar-refractivity contribution in [3.8, 4) is 5.88 Å². The number of nitrogens with zero attached hydrogens (tertiary/aromatic N) is 2. The summed E-state index contributed by atoms with van der Waals surface area (Å²) in [7, 11) is 0. The van der Waals surface area contributed by atoms with Crippen LogP contribution in [0.4, 0.5) is 0 Å². The monoisotopic (exact) mass is 348 g/mol. The Kier molecular flexibility index (Phi) is 5.42. The normalized spacial score (nSPS) is 25.9. The maximum Gasteiger partial charge on any atom is 0.328 e. The molecule has 2 saturated carbocycles. The third-order valence-corrected chi connectivity index (χ3v) is 5.63. The summed E-state index contributed by atoms with van der Waals surface area (Å²) in [5, 5.41) is 12.9. The smallest absolute Gasteiger partial charge is 0.328 e. The van der Waals surface area contributed by atoms with Crippen molar-refractivity contribution >= 4 is 5.71 Å². The van der Waals surface area contributed by atoms with Gasteiger partial charge in [-0.3, -0.25) is 14.8 Å². The van der Waals surface area contributed by atoms with Crippen molar-refractivity contribution in [1.82, 2.24) is 9.55 Å². The van der Waals surface area contributed by atoms with E-state index in [1.807, 2.05) is 0 Å². The van der Waals surface area contributed by atoms with Gasteiger partial charge in [0.2, 0.25) is 0 Å². The maximum atomic E-state index is 12.9. The minimum absolute atomic E-state index is 0.0166. The summed E-state index contributed by atoms with van der Waals surface area (Å²) >= 11 is 0. The zero-order valence-electron chi connectivity index (χ0n) is 14.9. The second-order valence-electron chi connectivity index (χ2n) is 7.43. The molecule has 2 aliphatic rings. The van der Waals surface area contributed by atoms with Gasteiger partial charge in [0.25, 0.3) is 5.56 Å². The second kappa shape index (κ2) is 7.56. The van der Waals surface area contributed by atoms with Crippen LogP contribution in [0.25, 0.3) is 0 Å². The first-order valence-corrected chi connectivity index (χ1v) is 9.42. The zero-order valence-corrected chi connectivity index (χ0v) is 14.9. The molecule has 0 aromatic carbocycles. The van der Waals surface area contributed by atoms with Gasteiger partial charge >= 0.3 is 5.69 Å². The number of H-pyrrole nitrogens is 1. The van der Waals surface area contributed by atoms with E-state index in [1.54, 1.807) is 6.92 Å². The molecule has 2 atom stereocenters. The quantitative estimate of drug-likeness (QED) is 0.773. The van der Waals surface area contributed by atoms with Gasteiger partial charge in [-0.15, -0.1) is 0 Å². The lowest BCUT2D eigenvalue weighted by atomic mass is 9.91. The topological polar surface area (TPSA) is 118 Å². The molecule has 7 heteroatoms. The van der Waals surface area contributed by atoms with E-state index in [0.717, 1.165) is 57.8 Å². The van der Waals surface area contributed by atoms with Crippen LogP contribution < -0.4 is 22.1 Å². The van der Waals surface area contributed by atoms with Crippen molar-refractivity contribution in [2.75, 3.05) is 0 Å². The van der Waals surface area contributed by atoms with Crippen LogP contribution in [0.3, 0.4) is 0 Å². The molecule has 0 amide bonds. The van der Waals surface area contributed by atoms with Crippen molar-refractivity contribution in [1.29, 1.82) is 0 Å². The van der Waals surface area contributed by atoms with Gasteiger partial charge in [0.15, 0.2) is 0 Å². The number of rotatable bonds is 3. The minimum Gasteiger partial charge on any atom is -0.859 e. The maximum absolute atomic E-state index is 12.9. The Balaban J connectivity index is 2.00. The van der Waals surface area contributed by atoms with E-state index in [0.29, 0.717) is 5.71 Å². The van der Waals surface area contributed by atoms with Gasteiger partial charge in [0.05, 0.1) is 5.56 Å². The van der Waals surface area contributed by atoms with Gasteiger partial charge in [-0.2, -0.15) is 0 Å². The molecule has 2 unspecified atom stereocenters. The molecule has 1 aromatic heterocycles. The van der Waals surface area contributed by atoms with Gasteiger partial charge in [-0.25, -0.2) is 4.79 Å². The van der Waals surface area contributed by atoms with Crippen LogP contribution in [0, 0.1) is 0 Å². The van der Waals surface area contributed by atoms with E-state index in [2.05, 4.69) is 15.7 Å². The van der Waals surface area contributed by atoms with Crippen LogP contribution in [0.1, 0.15) is 76.3 Å². The Morgan fingerprint density at radius 1 is 1.12 bits per heavy atom. The average molecular weight is 348 g/mol. The fraction of sp³-hybridized carbons (Fsp3) is 0.722. The van der Waals surface area contributed by atoms with E-state index in [4.69, 9.17) is 0 Å². The third-order valence-electron chi connectivity index (χ3n) is 5.63. The number of nitrogens with one attached hydrogen (secondary N) is 1. The lowest BCUT2D eigenvalue weighted by molar-refractivity contribution is -0.428. The summed E-state index contributed by atoms with van der Waals surface area (Å²) in [6.45, 7) is 1.70. The van der Waals surface area contributed by atoms with E-state index >= 15 is 0 Å². The number of hydrogen-bond acceptors (Lipinski definition) is 4. The predicted molar refractivity (Wildman–Crippen MR) is 94.0 cm³/mol. The second-order valence-corrected chi connectivity index (χ2v) is 7.43. The van der Waals surface area contributed by atoms with Gasteiger partial charge in [0.1, 0.15) is 12.1 Å². The molecule has 0 radical (unpaired) electrons. The molecular formula is C18H28N4O3. The van der Waals surface area contributed by atoms with Crippen molar-refractivity contribution in [3.05, 3.63) is 26.4 Å². The van der Waals surface area contributed by atoms with Gasteiger partial charge in [0, 0.05) is 18.2 Å². The number of aromatic nitrogens is 2. The lowest BCUT2D eigenvalue weighted by Crippen LogP contribution is -2.66. The fourth-order valence-corrected chi connectivity index (χ4v) is 4.19. The largest absolute Gasteiger partial charge is 0.859 e. The molecule has 0 aliphatic heterocycles. The van der Waals surface area contributed by atoms with Crippen LogP contribution in [0.2, 0.25) is 0 Å². The van der Waals surface area contributed by atoms with Crippen molar-refractivity contribution in [2.24, 2.45) is 4.99 Å². The zero-order chi connectivity index (χ0) is 18.0. The first-order chi connectivity index (χ1) is 12.0. The first kappa shape index (κ1) is 17.9. The third kappa shape index (κ3) is 3.71. The number of aromatic amines is 1. The molecule has 0 saturated heterocycles. The Bertz CT molecular complexity index is 759. The molecule has 0 spiro atoms. The minimum atomic E-state index is -0.625. The predicted octanol–water partition coefficient (Wildman–Crippen LogP) is 0.478. The summed E-state index contributed by atoms with van der Waals surface area (Å²) in [4.78, 5) is 31.5. The molecule has 1 aromatic rings. The van der Waals surface area contributed by atoms with E-state index in [1.165, 1.54) is 4.57 Å². The van der Waals surface area contributed by atoms with Crippen LogP contribution in [-0.2, 0) is 0 Å². The number of quaternary nitrogens is 1. The van der Waals surface area contributed by atoms with Crippen LogP contribution >= 0.6 is 0 Å². The number of aliphatic imine (C=N–C) groups is 1. The summed E-state index contributed by atoms with van der Waals surface area (Å²) in [6.07, 6.45) is 8.94. The summed E-state index contributed by atoms with van der Waals surface area (Å²) in [5.41, 5.74) is 3.38. The van der Waals surface area contributed by atoms with Crippen molar-refractivity contribution < 1.29 is 10.8 Å². The number of hydrogen-bond donors (Lipinski definition) is 2. The molecule has 4 N–H and O–H groups in total. The van der Waals surface area contributed by atoms with Gasteiger partial charge in [-0.05, 0) is 38.5 Å². The molecular weight excluding hydrogens is 320 g/mol. The van der Waals surface area contributed by atoms with E-state index in [-0.39, 0.29) is 23.7 Å². The molecule has 25 heavy (non-hydrogen) atoms. The molecule has 7 nitrogen and oxygen atoms in total.